The highest BCUT2D eigenvalue weighted by Gasteiger charge is 2.28. The molecule has 1 heterocycles. The second-order valence-corrected chi connectivity index (χ2v) is 4.95. The summed E-state index contributed by atoms with van der Waals surface area (Å²) in [7, 11) is 0. The minimum absolute atomic E-state index is 0.154. The molecule has 0 aromatic heterocycles. The molecule has 0 aromatic rings. The van der Waals surface area contributed by atoms with Crippen molar-refractivity contribution >= 4 is 5.97 Å². The summed E-state index contributed by atoms with van der Waals surface area (Å²) in [5, 5.41) is 0. The van der Waals surface area contributed by atoms with Gasteiger partial charge in [-0.05, 0) is 34.1 Å². The van der Waals surface area contributed by atoms with Crippen molar-refractivity contribution in [1.82, 2.24) is 4.90 Å². The molecular formula is C13H21NO2. The monoisotopic (exact) mass is 223 g/mol. The molecule has 1 aliphatic heterocycles. The molecule has 0 aromatic carbocycles. The van der Waals surface area contributed by atoms with Gasteiger partial charge in [0.15, 0.2) is 0 Å². The number of hydrogen-bond donors (Lipinski definition) is 0. The molecular weight excluding hydrogens is 202 g/mol. The fourth-order valence-corrected chi connectivity index (χ4v) is 1.36. The summed E-state index contributed by atoms with van der Waals surface area (Å²) in [5.41, 5.74) is 1.91. The van der Waals surface area contributed by atoms with Crippen LogP contribution in [-0.4, -0.2) is 17.5 Å². The number of carbonyl (C=O) groups excluding carboxylic acids is 1. The van der Waals surface area contributed by atoms with Crippen LogP contribution in [0.3, 0.4) is 0 Å². The van der Waals surface area contributed by atoms with Crippen molar-refractivity contribution in [2.75, 3.05) is 6.61 Å². The third-order valence-electron chi connectivity index (χ3n) is 2.49. The van der Waals surface area contributed by atoms with Crippen LogP contribution in [0.2, 0.25) is 0 Å². The maximum Gasteiger partial charge on any atom is 0.311 e. The molecule has 0 saturated carbocycles. The lowest BCUT2D eigenvalue weighted by Gasteiger charge is -2.16. The van der Waals surface area contributed by atoms with Gasteiger partial charge in [0, 0.05) is 11.9 Å². The number of nitrogens with zero attached hydrogens (tertiary/aromatic N) is 1. The van der Waals surface area contributed by atoms with Crippen LogP contribution in [0, 0.1) is 5.41 Å². The molecule has 3 nitrogen and oxygen atoms in total. The number of rotatable bonds is 4. The minimum Gasteiger partial charge on any atom is -0.459 e. The van der Waals surface area contributed by atoms with E-state index < -0.39 is 5.41 Å². The van der Waals surface area contributed by atoms with Crippen LogP contribution in [-0.2, 0) is 9.53 Å². The van der Waals surface area contributed by atoms with Crippen molar-refractivity contribution in [3.05, 3.63) is 23.7 Å². The Bertz CT molecular complexity index is 334. The zero-order valence-corrected chi connectivity index (χ0v) is 10.8. The molecule has 16 heavy (non-hydrogen) atoms. The summed E-state index contributed by atoms with van der Waals surface area (Å²) in [6, 6.07) is 0. The van der Waals surface area contributed by atoms with Crippen LogP contribution in [0.4, 0.5) is 0 Å². The summed E-state index contributed by atoms with van der Waals surface area (Å²) >= 11 is 0. The van der Waals surface area contributed by atoms with E-state index in [-0.39, 0.29) is 5.97 Å². The molecule has 0 radical (unpaired) electrons. The Morgan fingerprint density at radius 2 is 2.12 bits per heavy atom. The largest absolute Gasteiger partial charge is 0.459 e. The summed E-state index contributed by atoms with van der Waals surface area (Å²) in [4.78, 5) is 13.6. The molecule has 0 spiro atoms. The fraction of sp³-hybridized carbons (Fsp3) is 0.615. The van der Waals surface area contributed by atoms with Crippen LogP contribution < -0.4 is 0 Å². The minimum atomic E-state index is -0.422. The summed E-state index contributed by atoms with van der Waals surface area (Å²) in [6.07, 6.45) is 5.08. The van der Waals surface area contributed by atoms with Crippen molar-refractivity contribution in [2.24, 2.45) is 5.41 Å². The van der Waals surface area contributed by atoms with Gasteiger partial charge in [0.1, 0.15) is 6.61 Å². The molecule has 3 heteroatoms. The molecule has 90 valence electrons. The van der Waals surface area contributed by atoms with Gasteiger partial charge < -0.3 is 9.64 Å². The summed E-state index contributed by atoms with van der Waals surface area (Å²) in [5.74, 6) is -0.154. The Morgan fingerprint density at radius 3 is 2.56 bits per heavy atom. The topological polar surface area (TPSA) is 29.3 Å². The van der Waals surface area contributed by atoms with Gasteiger partial charge in [0.2, 0.25) is 0 Å². The van der Waals surface area contributed by atoms with Crippen molar-refractivity contribution < 1.29 is 9.53 Å². The zero-order valence-electron chi connectivity index (χ0n) is 10.8. The average Bonchev–Trinajstić information content (AvgIpc) is 2.94. The summed E-state index contributed by atoms with van der Waals surface area (Å²) < 4.78 is 5.22. The van der Waals surface area contributed by atoms with Crippen molar-refractivity contribution in [1.29, 1.82) is 0 Å². The van der Waals surface area contributed by atoms with Gasteiger partial charge in [-0.2, -0.15) is 0 Å². The van der Waals surface area contributed by atoms with Crippen LogP contribution >= 0.6 is 0 Å². The molecule has 0 amide bonds. The van der Waals surface area contributed by atoms with E-state index in [1.807, 2.05) is 33.9 Å². The first-order chi connectivity index (χ1) is 7.40. The van der Waals surface area contributed by atoms with E-state index in [9.17, 15) is 4.79 Å². The standard InChI is InChI=1S/C13H21NO2/c1-6-10(7-2)14-8-11(14)9-16-12(15)13(3,4)5/h6,8H,7,9H2,1-5H3/b10-6-. The van der Waals surface area contributed by atoms with Gasteiger partial charge in [-0.1, -0.05) is 13.0 Å². The molecule has 0 saturated heterocycles. The number of allylic oxidation sites excluding steroid dienone is 2. The van der Waals surface area contributed by atoms with E-state index in [1.165, 1.54) is 5.70 Å². The van der Waals surface area contributed by atoms with E-state index in [0.717, 1.165) is 12.1 Å². The lowest BCUT2D eigenvalue weighted by molar-refractivity contribution is -0.151. The van der Waals surface area contributed by atoms with Crippen molar-refractivity contribution in [2.45, 2.75) is 41.0 Å². The quantitative estimate of drug-likeness (QED) is 0.686. The Hall–Kier alpha value is -1.25. The zero-order chi connectivity index (χ0) is 12.3. The predicted molar refractivity (Wildman–Crippen MR) is 64.4 cm³/mol. The Labute approximate surface area is 97.8 Å². The van der Waals surface area contributed by atoms with Crippen LogP contribution in [0.25, 0.3) is 0 Å². The van der Waals surface area contributed by atoms with Gasteiger partial charge in [0.25, 0.3) is 0 Å². The van der Waals surface area contributed by atoms with Crippen LogP contribution in [0.1, 0.15) is 41.0 Å². The molecule has 0 N–H and O–H groups in total. The maximum atomic E-state index is 11.5. The highest BCUT2D eigenvalue weighted by molar-refractivity contribution is 5.75. The van der Waals surface area contributed by atoms with Crippen molar-refractivity contribution in [3.8, 4) is 0 Å². The molecule has 1 aliphatic rings. The fourth-order valence-electron chi connectivity index (χ4n) is 1.36. The molecule has 1 rings (SSSR count). The molecule has 0 aliphatic carbocycles. The number of esters is 1. The highest BCUT2D eigenvalue weighted by Crippen LogP contribution is 2.29. The van der Waals surface area contributed by atoms with E-state index in [2.05, 4.69) is 17.9 Å². The van der Waals surface area contributed by atoms with Gasteiger partial charge in [0.05, 0.1) is 11.1 Å². The predicted octanol–water partition coefficient (Wildman–Crippen LogP) is 3.05. The third-order valence-corrected chi connectivity index (χ3v) is 2.49. The molecule has 0 atom stereocenters. The molecule has 0 fully saturated rings. The van der Waals surface area contributed by atoms with Crippen LogP contribution in [0.15, 0.2) is 23.7 Å². The second kappa shape index (κ2) is 4.73. The van der Waals surface area contributed by atoms with Crippen molar-refractivity contribution in [3.63, 3.8) is 0 Å². The smallest absolute Gasteiger partial charge is 0.311 e. The third kappa shape index (κ3) is 3.12. The highest BCUT2D eigenvalue weighted by atomic mass is 16.5. The van der Waals surface area contributed by atoms with Gasteiger partial charge in [-0.25, -0.2) is 0 Å². The first kappa shape index (κ1) is 12.8. The number of carbonyl (C=O) groups is 1. The Kier molecular flexibility index (Phi) is 3.79. The van der Waals surface area contributed by atoms with E-state index in [1.54, 1.807) is 0 Å². The normalized spacial score (nSPS) is 15.9. The molecule has 0 unspecified atom stereocenters. The average molecular weight is 223 g/mol. The second-order valence-electron chi connectivity index (χ2n) is 4.95. The van der Waals surface area contributed by atoms with Crippen LogP contribution in [0.5, 0.6) is 0 Å². The lowest BCUT2D eigenvalue weighted by atomic mass is 9.97. The van der Waals surface area contributed by atoms with Gasteiger partial charge in [-0.15, -0.1) is 0 Å². The van der Waals surface area contributed by atoms with Gasteiger partial charge >= 0.3 is 5.97 Å². The number of ether oxygens (including phenoxy) is 1. The Morgan fingerprint density at radius 1 is 1.50 bits per heavy atom. The Balaban J connectivity index is 2.34. The molecule has 0 bridgehead atoms. The first-order valence-corrected chi connectivity index (χ1v) is 5.72. The van der Waals surface area contributed by atoms with E-state index in [4.69, 9.17) is 4.74 Å². The lowest BCUT2D eigenvalue weighted by Crippen LogP contribution is -2.23. The summed E-state index contributed by atoms with van der Waals surface area (Å²) in [6.45, 7) is 10.1. The van der Waals surface area contributed by atoms with Gasteiger partial charge in [-0.3, -0.25) is 4.79 Å². The maximum absolute atomic E-state index is 11.5. The number of hydrogen-bond acceptors (Lipinski definition) is 3. The SMILES string of the molecule is C/C=C(/CC)N1C=C1COC(=O)C(C)(C)C. The van der Waals surface area contributed by atoms with E-state index >= 15 is 0 Å². The van der Waals surface area contributed by atoms with E-state index in [0.29, 0.717) is 6.61 Å². The first-order valence-electron chi connectivity index (χ1n) is 5.72.